The van der Waals surface area contributed by atoms with E-state index in [1.165, 1.54) is 11.1 Å². The minimum atomic E-state index is -4.29. The SMILES string of the molecule is CCCc1cc2c(-c3ccc(C(F)(F)F)cc3)cccc2[cH-]1.CCCc1cc2c(-c3ccc(C(F)(F)F)cc3)cccc2[cH-]1.C[CH]=[Zr]([Cl])[Cl]. The Morgan fingerprint density at radius 3 is 1.22 bits per heavy atom. The molecule has 0 aliphatic heterocycles. The van der Waals surface area contributed by atoms with Gasteiger partial charge in [0.15, 0.2) is 0 Å². The Hall–Kier alpha value is -2.99. The van der Waals surface area contributed by atoms with Gasteiger partial charge >= 0.3 is 58.9 Å². The van der Waals surface area contributed by atoms with Gasteiger partial charge in [0.1, 0.15) is 0 Å². The Morgan fingerprint density at radius 1 is 0.592 bits per heavy atom. The van der Waals surface area contributed by atoms with Crippen LogP contribution in [0.25, 0.3) is 43.8 Å². The summed E-state index contributed by atoms with van der Waals surface area (Å²) in [4.78, 5) is 0. The molecule has 6 aromatic rings. The summed E-state index contributed by atoms with van der Waals surface area (Å²) < 4.78 is 77.9. The average Bonchev–Trinajstić information content (AvgIpc) is 3.68. The van der Waals surface area contributed by atoms with Crippen molar-refractivity contribution in [3.63, 3.8) is 0 Å². The molecule has 49 heavy (non-hydrogen) atoms. The quantitative estimate of drug-likeness (QED) is 0.116. The van der Waals surface area contributed by atoms with Gasteiger partial charge in [-0.25, -0.2) is 0 Å². The maximum absolute atomic E-state index is 12.7. The molecule has 0 amide bonds. The molecule has 0 nitrogen and oxygen atoms in total. The Bertz CT molecular complexity index is 1840. The van der Waals surface area contributed by atoms with Gasteiger partial charge in [-0.3, -0.25) is 0 Å². The molecular formula is C40H36Cl2F6Zr-2. The third kappa shape index (κ3) is 10.5. The van der Waals surface area contributed by atoms with Gasteiger partial charge in [0, 0.05) is 0 Å². The predicted octanol–water partition coefficient (Wildman–Crippen LogP) is 14.1. The van der Waals surface area contributed by atoms with Crippen LogP contribution in [0.15, 0.2) is 109 Å². The summed E-state index contributed by atoms with van der Waals surface area (Å²) in [5, 5.41) is 4.48. The number of rotatable bonds is 6. The van der Waals surface area contributed by atoms with Gasteiger partial charge < -0.3 is 0 Å². The fraction of sp³-hybridized carbons (Fsp3) is 0.225. The molecule has 0 aliphatic carbocycles. The molecule has 0 heterocycles. The fourth-order valence-electron chi connectivity index (χ4n) is 5.64. The van der Waals surface area contributed by atoms with Crippen LogP contribution in [0.4, 0.5) is 26.3 Å². The van der Waals surface area contributed by atoms with Gasteiger partial charge in [0.05, 0.1) is 11.1 Å². The first-order valence-corrected chi connectivity index (χ1v) is 23.7. The van der Waals surface area contributed by atoms with Crippen LogP contribution in [0.3, 0.4) is 0 Å². The van der Waals surface area contributed by atoms with E-state index in [1.54, 1.807) is 24.3 Å². The van der Waals surface area contributed by atoms with Crippen LogP contribution < -0.4 is 0 Å². The third-order valence-corrected chi connectivity index (χ3v) is 11.6. The van der Waals surface area contributed by atoms with Crippen molar-refractivity contribution < 1.29 is 45.2 Å². The van der Waals surface area contributed by atoms with E-state index in [2.05, 4.69) is 38.1 Å². The second-order valence-electron chi connectivity index (χ2n) is 11.6. The second-order valence-corrected chi connectivity index (χ2v) is 20.4. The van der Waals surface area contributed by atoms with Crippen molar-refractivity contribution >= 4 is 42.3 Å². The maximum atomic E-state index is 12.7. The standard InChI is InChI=1S/2C19H16F3.C2H4.2ClH.Zr/c2*1-2-4-13-11-15-5-3-6-17(18(15)12-13)14-7-9-16(10-8-14)19(20,21)22;1-2;;;/h2*3,5-12H,2,4H2,1H3;1H,2H3;2*1H;/q2*-1;;;;+2/p-2. The zero-order valence-electron chi connectivity index (χ0n) is 27.3. The van der Waals surface area contributed by atoms with Gasteiger partial charge in [-0.1, -0.05) is 74.2 Å². The first kappa shape index (κ1) is 38.8. The molecule has 0 radical (unpaired) electrons. The van der Waals surface area contributed by atoms with Gasteiger partial charge in [-0.2, -0.15) is 38.5 Å². The Balaban J connectivity index is 0.000000194. The molecule has 0 saturated carbocycles. The topological polar surface area (TPSA) is 0 Å². The number of aryl methyl sites for hydroxylation is 2. The van der Waals surface area contributed by atoms with E-state index in [1.807, 2.05) is 47.0 Å². The van der Waals surface area contributed by atoms with Crippen LogP contribution >= 0.6 is 17.0 Å². The van der Waals surface area contributed by atoms with E-state index in [0.29, 0.717) is 0 Å². The van der Waals surface area contributed by atoms with E-state index in [-0.39, 0.29) is 0 Å². The molecule has 0 spiro atoms. The van der Waals surface area contributed by atoms with Crippen molar-refractivity contribution in [1.29, 1.82) is 0 Å². The van der Waals surface area contributed by atoms with Gasteiger partial charge in [-0.05, 0) is 48.2 Å². The van der Waals surface area contributed by atoms with Crippen molar-refractivity contribution in [2.45, 2.75) is 58.8 Å². The molecule has 258 valence electrons. The second kappa shape index (κ2) is 17.3. The van der Waals surface area contributed by atoms with E-state index in [4.69, 9.17) is 17.0 Å². The summed E-state index contributed by atoms with van der Waals surface area (Å²) in [6.45, 7) is 6.16. The fourth-order valence-corrected chi connectivity index (χ4v) is 5.64. The molecule has 0 bridgehead atoms. The molecule has 6 aromatic carbocycles. The van der Waals surface area contributed by atoms with E-state index < -0.39 is 42.4 Å². The van der Waals surface area contributed by atoms with Crippen molar-refractivity contribution in [2.24, 2.45) is 0 Å². The van der Waals surface area contributed by atoms with Gasteiger partial charge in [0.2, 0.25) is 0 Å². The van der Waals surface area contributed by atoms with Crippen molar-refractivity contribution in [3.8, 4) is 22.3 Å². The summed E-state index contributed by atoms with van der Waals surface area (Å²) in [6, 6.07) is 31.3. The van der Waals surface area contributed by atoms with Crippen LogP contribution in [0.5, 0.6) is 0 Å². The first-order chi connectivity index (χ1) is 23.2. The number of halogens is 8. The van der Waals surface area contributed by atoms with Crippen LogP contribution in [0.1, 0.15) is 55.9 Å². The number of fused-ring (bicyclic) bond motifs is 2. The molecule has 6 rings (SSSR count). The zero-order valence-corrected chi connectivity index (χ0v) is 31.3. The van der Waals surface area contributed by atoms with Crippen molar-refractivity contribution in [1.82, 2.24) is 0 Å². The summed E-state index contributed by atoms with van der Waals surface area (Å²) in [6.07, 6.45) is -4.40. The van der Waals surface area contributed by atoms with Crippen LogP contribution in [0, 0.1) is 0 Å². The number of alkyl halides is 6. The summed E-state index contributed by atoms with van der Waals surface area (Å²) in [7, 11) is 10.7. The molecule has 0 unspecified atom stereocenters. The van der Waals surface area contributed by atoms with E-state index in [0.717, 1.165) is 93.7 Å². The normalized spacial score (nSPS) is 11.5. The summed E-state index contributed by atoms with van der Waals surface area (Å²) in [5.41, 5.74) is 4.91. The monoisotopic (exact) mass is 790 g/mol. The van der Waals surface area contributed by atoms with E-state index in [9.17, 15) is 26.3 Å². The van der Waals surface area contributed by atoms with Gasteiger partial charge in [0.25, 0.3) is 0 Å². The molecular weight excluding hydrogens is 757 g/mol. The Morgan fingerprint density at radius 2 is 0.939 bits per heavy atom. The van der Waals surface area contributed by atoms with Crippen LogP contribution in [0.2, 0.25) is 0 Å². The molecule has 0 N–H and O–H groups in total. The van der Waals surface area contributed by atoms with E-state index >= 15 is 0 Å². The molecule has 0 aliphatic rings. The third-order valence-electron chi connectivity index (χ3n) is 7.96. The Kier molecular flexibility index (Phi) is 13.7. The average molecular weight is 793 g/mol. The Labute approximate surface area is 298 Å². The predicted molar refractivity (Wildman–Crippen MR) is 191 cm³/mol. The summed E-state index contributed by atoms with van der Waals surface area (Å²) >= 11 is -1.76. The van der Waals surface area contributed by atoms with Crippen molar-refractivity contribution in [3.05, 3.63) is 131 Å². The molecule has 0 atom stereocenters. The van der Waals surface area contributed by atoms with Crippen LogP contribution in [-0.4, -0.2) is 3.71 Å². The molecule has 9 heteroatoms. The van der Waals surface area contributed by atoms with Crippen molar-refractivity contribution in [2.75, 3.05) is 0 Å². The molecule has 0 fully saturated rings. The summed E-state index contributed by atoms with van der Waals surface area (Å²) in [5.74, 6) is 0. The first-order valence-electron chi connectivity index (χ1n) is 15.9. The van der Waals surface area contributed by atoms with Gasteiger partial charge in [-0.15, -0.1) is 69.1 Å². The molecule has 0 aromatic heterocycles. The number of benzene rings is 4. The zero-order chi connectivity index (χ0) is 35.8. The molecule has 0 saturated heterocycles. The minimum absolute atomic E-state index is 0.613. The number of hydrogen-bond acceptors (Lipinski definition) is 0. The van der Waals surface area contributed by atoms with Crippen LogP contribution in [-0.2, 0) is 44.1 Å². The number of hydrogen-bond donors (Lipinski definition) is 0.